The quantitative estimate of drug-likeness (QED) is 0.676. The van der Waals surface area contributed by atoms with E-state index in [1.54, 1.807) is 36.7 Å². The molecule has 3 aromatic rings. The van der Waals surface area contributed by atoms with Gasteiger partial charge in [-0.25, -0.2) is 4.98 Å². The molecule has 7 heteroatoms. The van der Waals surface area contributed by atoms with Crippen molar-refractivity contribution in [1.29, 1.82) is 0 Å². The molecule has 6 nitrogen and oxygen atoms in total. The first kappa shape index (κ1) is 17.7. The number of piperidine rings is 1. The molecule has 4 rings (SSSR count). The van der Waals surface area contributed by atoms with E-state index in [9.17, 15) is 4.79 Å². The second-order valence-corrected chi connectivity index (χ2v) is 6.84. The summed E-state index contributed by atoms with van der Waals surface area (Å²) >= 11 is 6.26. The fourth-order valence-electron chi connectivity index (χ4n) is 3.34. The predicted octanol–water partition coefficient (Wildman–Crippen LogP) is 3.59. The molecule has 3 heterocycles. The SMILES string of the molecule is O=C(c1ccc(NC2CCNCC2)c2cccnc12)N(Cl)c1ccccn1. The molecule has 0 aliphatic carbocycles. The van der Waals surface area contributed by atoms with Crippen LogP contribution in [0.2, 0.25) is 0 Å². The molecule has 138 valence electrons. The Hall–Kier alpha value is -2.70. The number of nitrogens with zero attached hydrogens (tertiary/aromatic N) is 3. The first-order valence-electron chi connectivity index (χ1n) is 9.00. The van der Waals surface area contributed by atoms with Gasteiger partial charge in [-0.15, -0.1) is 0 Å². The molecule has 0 bridgehead atoms. The van der Waals surface area contributed by atoms with Gasteiger partial charge in [-0.3, -0.25) is 9.78 Å². The third kappa shape index (κ3) is 3.72. The summed E-state index contributed by atoms with van der Waals surface area (Å²) in [7, 11) is 0. The van der Waals surface area contributed by atoms with Gasteiger partial charge in [-0.1, -0.05) is 6.07 Å². The Kier molecular flexibility index (Phi) is 5.18. The van der Waals surface area contributed by atoms with E-state index in [4.69, 9.17) is 11.8 Å². The van der Waals surface area contributed by atoms with E-state index in [-0.39, 0.29) is 5.91 Å². The summed E-state index contributed by atoms with van der Waals surface area (Å²) in [6, 6.07) is 13.2. The number of fused-ring (bicyclic) bond motifs is 1. The summed E-state index contributed by atoms with van der Waals surface area (Å²) in [4.78, 5) is 21.5. The number of carbonyl (C=O) groups excluding carboxylic acids is 1. The monoisotopic (exact) mass is 381 g/mol. The number of aromatic nitrogens is 2. The number of hydrogen-bond donors (Lipinski definition) is 2. The van der Waals surface area contributed by atoms with E-state index in [2.05, 4.69) is 20.6 Å². The van der Waals surface area contributed by atoms with Gasteiger partial charge in [0.05, 0.1) is 11.1 Å². The number of benzene rings is 1. The fraction of sp³-hybridized carbons (Fsp3) is 0.250. The van der Waals surface area contributed by atoms with Crippen molar-refractivity contribution in [3.05, 3.63) is 60.4 Å². The topological polar surface area (TPSA) is 70.2 Å². The van der Waals surface area contributed by atoms with Crippen molar-refractivity contribution in [3.8, 4) is 0 Å². The second-order valence-electron chi connectivity index (χ2n) is 6.50. The Morgan fingerprint density at radius 2 is 1.89 bits per heavy atom. The average molecular weight is 382 g/mol. The van der Waals surface area contributed by atoms with Crippen LogP contribution in [0.15, 0.2) is 54.9 Å². The van der Waals surface area contributed by atoms with Crippen LogP contribution in [-0.4, -0.2) is 35.0 Å². The highest BCUT2D eigenvalue weighted by Gasteiger charge is 2.21. The normalized spacial score (nSPS) is 14.9. The van der Waals surface area contributed by atoms with E-state index in [1.807, 2.05) is 18.2 Å². The zero-order valence-electron chi connectivity index (χ0n) is 14.7. The van der Waals surface area contributed by atoms with Crippen LogP contribution in [0.4, 0.5) is 11.5 Å². The van der Waals surface area contributed by atoms with Crippen molar-refractivity contribution in [2.24, 2.45) is 0 Å². The van der Waals surface area contributed by atoms with Crippen molar-refractivity contribution < 1.29 is 4.79 Å². The lowest BCUT2D eigenvalue weighted by Gasteiger charge is -2.25. The molecule has 1 aliphatic rings. The summed E-state index contributed by atoms with van der Waals surface area (Å²) in [6.45, 7) is 2.02. The van der Waals surface area contributed by atoms with Crippen LogP contribution in [0.5, 0.6) is 0 Å². The molecule has 27 heavy (non-hydrogen) atoms. The van der Waals surface area contributed by atoms with Gasteiger partial charge < -0.3 is 10.6 Å². The summed E-state index contributed by atoms with van der Waals surface area (Å²) in [6.07, 6.45) is 5.42. The predicted molar refractivity (Wildman–Crippen MR) is 108 cm³/mol. The smallest absolute Gasteiger partial charge is 0.276 e. The van der Waals surface area contributed by atoms with Crippen LogP contribution in [0.1, 0.15) is 23.2 Å². The summed E-state index contributed by atoms with van der Waals surface area (Å²) in [5, 5.41) is 7.88. The molecule has 0 atom stereocenters. The van der Waals surface area contributed by atoms with Crippen molar-refractivity contribution in [3.63, 3.8) is 0 Å². The molecular weight excluding hydrogens is 362 g/mol. The van der Waals surface area contributed by atoms with Gasteiger partial charge in [0, 0.05) is 41.3 Å². The van der Waals surface area contributed by atoms with Crippen LogP contribution in [0.3, 0.4) is 0 Å². The van der Waals surface area contributed by atoms with Gasteiger partial charge in [0.25, 0.3) is 5.91 Å². The third-order valence-electron chi connectivity index (χ3n) is 4.73. The first-order chi connectivity index (χ1) is 13.2. The molecule has 1 aromatic carbocycles. The van der Waals surface area contributed by atoms with E-state index in [0.717, 1.165) is 41.4 Å². The zero-order chi connectivity index (χ0) is 18.6. The molecule has 0 saturated carbocycles. The molecule has 2 aromatic heterocycles. The highest BCUT2D eigenvalue weighted by molar-refractivity contribution is 6.40. The Morgan fingerprint density at radius 3 is 2.67 bits per heavy atom. The van der Waals surface area contributed by atoms with Crippen LogP contribution < -0.4 is 15.1 Å². The molecule has 1 amide bonds. The Morgan fingerprint density at radius 1 is 1.07 bits per heavy atom. The van der Waals surface area contributed by atoms with Crippen LogP contribution in [0, 0.1) is 0 Å². The van der Waals surface area contributed by atoms with Crippen LogP contribution in [0.25, 0.3) is 10.9 Å². The minimum absolute atomic E-state index is 0.354. The van der Waals surface area contributed by atoms with E-state index >= 15 is 0 Å². The number of pyridine rings is 2. The molecule has 0 spiro atoms. The number of nitrogens with one attached hydrogen (secondary N) is 2. The molecule has 2 N–H and O–H groups in total. The van der Waals surface area contributed by atoms with Crippen LogP contribution >= 0.6 is 11.8 Å². The van der Waals surface area contributed by atoms with Gasteiger partial charge in [0.2, 0.25) is 0 Å². The van der Waals surface area contributed by atoms with Crippen LogP contribution in [-0.2, 0) is 0 Å². The lowest BCUT2D eigenvalue weighted by atomic mass is 10.0. The summed E-state index contributed by atoms with van der Waals surface area (Å²) in [5.74, 6) is 0.0256. The van der Waals surface area contributed by atoms with Gasteiger partial charge in [0.1, 0.15) is 0 Å². The maximum Gasteiger partial charge on any atom is 0.276 e. The average Bonchev–Trinajstić information content (AvgIpc) is 2.74. The number of carbonyl (C=O) groups is 1. The maximum absolute atomic E-state index is 12.9. The number of amides is 1. The zero-order valence-corrected chi connectivity index (χ0v) is 15.5. The van der Waals surface area contributed by atoms with Gasteiger partial charge in [-0.05, 0) is 62.3 Å². The lowest BCUT2D eigenvalue weighted by molar-refractivity contribution is 0.101. The minimum atomic E-state index is -0.354. The van der Waals surface area contributed by atoms with Gasteiger partial charge in [-0.2, -0.15) is 4.42 Å². The minimum Gasteiger partial charge on any atom is -0.382 e. The van der Waals surface area contributed by atoms with Crippen molar-refractivity contribution in [2.45, 2.75) is 18.9 Å². The Balaban J connectivity index is 1.68. The molecule has 1 aliphatic heterocycles. The van der Waals surface area contributed by atoms with Gasteiger partial charge in [0.15, 0.2) is 5.82 Å². The van der Waals surface area contributed by atoms with E-state index < -0.39 is 0 Å². The van der Waals surface area contributed by atoms with E-state index in [0.29, 0.717) is 22.9 Å². The lowest BCUT2D eigenvalue weighted by Crippen LogP contribution is -2.35. The van der Waals surface area contributed by atoms with Crippen molar-refractivity contribution in [1.82, 2.24) is 15.3 Å². The molecular formula is C20H20ClN5O. The largest absolute Gasteiger partial charge is 0.382 e. The Labute approximate surface area is 162 Å². The van der Waals surface area contributed by atoms with Crippen molar-refractivity contribution in [2.75, 3.05) is 22.8 Å². The molecule has 1 fully saturated rings. The Bertz CT molecular complexity index is 944. The third-order valence-corrected chi connectivity index (χ3v) is 5.05. The fourth-order valence-corrected chi connectivity index (χ4v) is 3.53. The second kappa shape index (κ2) is 7.90. The highest BCUT2D eigenvalue weighted by Crippen LogP contribution is 2.28. The van der Waals surface area contributed by atoms with Gasteiger partial charge >= 0.3 is 0 Å². The standard InChI is InChI=1S/C20H20ClN5O/c21-26(18-5-1-2-10-23-18)20(27)16-6-7-17(15-4-3-11-24-19(15)16)25-14-8-12-22-13-9-14/h1-7,10-11,14,22,25H,8-9,12-13H2. The first-order valence-corrected chi connectivity index (χ1v) is 9.34. The summed E-state index contributed by atoms with van der Waals surface area (Å²) in [5.41, 5.74) is 2.06. The van der Waals surface area contributed by atoms with Crippen molar-refractivity contribution >= 4 is 40.1 Å². The highest BCUT2D eigenvalue weighted by atomic mass is 35.5. The maximum atomic E-state index is 12.9. The summed E-state index contributed by atoms with van der Waals surface area (Å²) < 4.78 is 1.03. The molecule has 0 unspecified atom stereocenters. The number of rotatable bonds is 4. The van der Waals surface area contributed by atoms with E-state index in [1.165, 1.54) is 0 Å². The number of hydrogen-bond acceptors (Lipinski definition) is 5. The number of anilines is 2. The number of halogens is 1. The molecule has 1 saturated heterocycles. The molecule has 0 radical (unpaired) electrons.